The van der Waals surface area contributed by atoms with Gasteiger partial charge in [-0.05, 0) is 37.1 Å². The van der Waals surface area contributed by atoms with E-state index in [9.17, 15) is 9.59 Å². The molecule has 1 atom stereocenters. The van der Waals surface area contributed by atoms with E-state index in [1.165, 1.54) is 0 Å². The molecule has 0 N–H and O–H groups in total. The van der Waals surface area contributed by atoms with Crippen LogP contribution in [-0.4, -0.2) is 48.8 Å². The summed E-state index contributed by atoms with van der Waals surface area (Å²) >= 11 is 5.99. The lowest BCUT2D eigenvalue weighted by Crippen LogP contribution is -2.42. The van der Waals surface area contributed by atoms with E-state index in [2.05, 4.69) is 4.98 Å². The van der Waals surface area contributed by atoms with Gasteiger partial charge in [-0.1, -0.05) is 23.7 Å². The van der Waals surface area contributed by atoms with E-state index >= 15 is 0 Å². The Morgan fingerprint density at radius 2 is 2.00 bits per heavy atom. The molecule has 0 unspecified atom stereocenters. The summed E-state index contributed by atoms with van der Waals surface area (Å²) in [6.07, 6.45) is 3.19. The highest BCUT2D eigenvalue weighted by Crippen LogP contribution is 2.24. The average Bonchev–Trinajstić information content (AvgIpc) is 2.67. The van der Waals surface area contributed by atoms with E-state index in [0.717, 1.165) is 18.7 Å². The molecule has 1 aliphatic rings. The third kappa shape index (κ3) is 4.05. The summed E-state index contributed by atoms with van der Waals surface area (Å²) in [4.78, 5) is 33.5. The summed E-state index contributed by atoms with van der Waals surface area (Å²) in [6.45, 7) is 1.09. The fourth-order valence-electron chi connectivity index (χ4n) is 3.21. The molecule has 26 heavy (non-hydrogen) atoms. The molecule has 1 aromatic heterocycles. The number of ketones is 1. The second-order valence-electron chi connectivity index (χ2n) is 6.76. The molecule has 5 nitrogen and oxygen atoms in total. The third-order valence-electron chi connectivity index (χ3n) is 4.64. The molecule has 3 rings (SSSR count). The molecule has 1 saturated heterocycles. The fraction of sp³-hybridized carbons (Fsp3) is 0.350. The fourth-order valence-corrected chi connectivity index (χ4v) is 3.40. The van der Waals surface area contributed by atoms with Gasteiger partial charge in [0.25, 0.3) is 5.91 Å². The zero-order chi connectivity index (χ0) is 18.7. The molecular formula is C20H22ClN3O2. The quantitative estimate of drug-likeness (QED) is 0.771. The van der Waals surface area contributed by atoms with E-state index in [0.29, 0.717) is 29.2 Å². The first-order valence-corrected chi connectivity index (χ1v) is 9.06. The lowest BCUT2D eigenvalue weighted by molar-refractivity contribution is 0.0636. The SMILES string of the molecule is CN(C)c1ccc(C(=O)N2CCC[C@H](C(=O)c3cccc(Cl)c3)C2)cn1. The number of Topliss-reactive ketones (excluding diaryl/α,β-unsaturated/α-hetero) is 1. The molecule has 1 aromatic carbocycles. The molecule has 1 amide bonds. The number of rotatable bonds is 4. The Morgan fingerprint density at radius 3 is 2.65 bits per heavy atom. The molecule has 0 saturated carbocycles. The van der Waals surface area contributed by atoms with Crippen molar-refractivity contribution < 1.29 is 9.59 Å². The van der Waals surface area contributed by atoms with Gasteiger partial charge < -0.3 is 9.80 Å². The highest BCUT2D eigenvalue weighted by Gasteiger charge is 2.29. The van der Waals surface area contributed by atoms with Crippen LogP contribution in [0.25, 0.3) is 0 Å². The number of likely N-dealkylation sites (tertiary alicyclic amines) is 1. The van der Waals surface area contributed by atoms with E-state index in [4.69, 9.17) is 11.6 Å². The summed E-state index contributed by atoms with van der Waals surface area (Å²) in [5.41, 5.74) is 1.15. The predicted molar refractivity (Wildman–Crippen MR) is 103 cm³/mol. The number of carbonyl (C=O) groups is 2. The molecule has 0 aliphatic carbocycles. The van der Waals surface area contributed by atoms with Crippen molar-refractivity contribution in [1.82, 2.24) is 9.88 Å². The van der Waals surface area contributed by atoms with Crippen molar-refractivity contribution >= 4 is 29.1 Å². The number of amides is 1. The predicted octanol–water partition coefficient (Wildman–Crippen LogP) is 3.54. The largest absolute Gasteiger partial charge is 0.363 e. The monoisotopic (exact) mass is 371 g/mol. The molecule has 136 valence electrons. The molecule has 1 fully saturated rings. The minimum absolute atomic E-state index is 0.0473. The maximum Gasteiger partial charge on any atom is 0.255 e. The van der Waals surface area contributed by atoms with Gasteiger partial charge in [-0.2, -0.15) is 0 Å². The molecule has 0 radical (unpaired) electrons. The number of carbonyl (C=O) groups excluding carboxylic acids is 2. The number of hydrogen-bond acceptors (Lipinski definition) is 4. The number of pyridine rings is 1. The van der Waals surface area contributed by atoms with Gasteiger partial charge in [0, 0.05) is 49.9 Å². The van der Waals surface area contributed by atoms with Gasteiger partial charge in [0.15, 0.2) is 5.78 Å². The van der Waals surface area contributed by atoms with Gasteiger partial charge in [0.05, 0.1) is 5.56 Å². The van der Waals surface area contributed by atoms with Crippen molar-refractivity contribution in [2.45, 2.75) is 12.8 Å². The van der Waals surface area contributed by atoms with Crippen LogP contribution >= 0.6 is 11.6 Å². The zero-order valence-corrected chi connectivity index (χ0v) is 15.7. The Morgan fingerprint density at radius 1 is 1.19 bits per heavy atom. The summed E-state index contributed by atoms with van der Waals surface area (Å²) in [7, 11) is 3.81. The van der Waals surface area contributed by atoms with Crippen LogP contribution in [0.4, 0.5) is 5.82 Å². The minimum atomic E-state index is -0.194. The zero-order valence-electron chi connectivity index (χ0n) is 15.0. The van der Waals surface area contributed by atoms with E-state index in [1.807, 2.05) is 25.1 Å². The summed E-state index contributed by atoms with van der Waals surface area (Å²) in [6, 6.07) is 10.6. The van der Waals surface area contributed by atoms with Gasteiger partial charge >= 0.3 is 0 Å². The Hall–Kier alpha value is -2.40. The van der Waals surface area contributed by atoms with Crippen LogP contribution in [0.2, 0.25) is 5.02 Å². The van der Waals surface area contributed by atoms with E-state index in [-0.39, 0.29) is 17.6 Å². The summed E-state index contributed by atoms with van der Waals surface area (Å²) in [5, 5.41) is 0.548. The maximum absolute atomic E-state index is 12.8. The molecule has 2 aromatic rings. The molecule has 6 heteroatoms. The van der Waals surface area contributed by atoms with Gasteiger partial charge in [-0.25, -0.2) is 4.98 Å². The second-order valence-corrected chi connectivity index (χ2v) is 7.20. The van der Waals surface area contributed by atoms with Crippen LogP contribution in [0.1, 0.15) is 33.6 Å². The van der Waals surface area contributed by atoms with Gasteiger partial charge in [-0.15, -0.1) is 0 Å². The van der Waals surface area contributed by atoms with Gasteiger partial charge in [0.2, 0.25) is 0 Å². The normalized spacial score (nSPS) is 17.0. The number of aromatic nitrogens is 1. The van der Waals surface area contributed by atoms with Gasteiger partial charge in [0.1, 0.15) is 5.82 Å². The van der Waals surface area contributed by atoms with Crippen molar-refractivity contribution in [3.63, 3.8) is 0 Å². The highest BCUT2D eigenvalue weighted by atomic mass is 35.5. The van der Waals surface area contributed by atoms with Crippen LogP contribution in [0.15, 0.2) is 42.6 Å². The smallest absolute Gasteiger partial charge is 0.255 e. The number of nitrogens with zero attached hydrogens (tertiary/aromatic N) is 3. The molecular weight excluding hydrogens is 350 g/mol. The topological polar surface area (TPSA) is 53.5 Å². The van der Waals surface area contributed by atoms with E-state index < -0.39 is 0 Å². The third-order valence-corrected chi connectivity index (χ3v) is 4.88. The van der Waals surface area contributed by atoms with Gasteiger partial charge in [-0.3, -0.25) is 9.59 Å². The molecule has 1 aliphatic heterocycles. The van der Waals surface area contributed by atoms with Crippen molar-refractivity contribution in [3.05, 3.63) is 58.7 Å². The number of hydrogen-bond donors (Lipinski definition) is 0. The van der Waals surface area contributed by atoms with Crippen LogP contribution in [0, 0.1) is 5.92 Å². The highest BCUT2D eigenvalue weighted by molar-refractivity contribution is 6.31. The lowest BCUT2D eigenvalue weighted by atomic mass is 9.90. The van der Waals surface area contributed by atoms with Crippen LogP contribution in [0.3, 0.4) is 0 Å². The van der Waals surface area contributed by atoms with Crippen molar-refractivity contribution in [3.8, 4) is 0 Å². The van der Waals surface area contributed by atoms with Crippen LogP contribution in [0.5, 0.6) is 0 Å². The number of anilines is 1. The Balaban J connectivity index is 1.71. The first kappa shape index (κ1) is 18.4. The number of benzene rings is 1. The molecule has 2 heterocycles. The second kappa shape index (κ2) is 7.87. The first-order chi connectivity index (χ1) is 12.5. The van der Waals surface area contributed by atoms with Crippen molar-refractivity contribution in [2.75, 3.05) is 32.1 Å². The first-order valence-electron chi connectivity index (χ1n) is 8.68. The summed E-state index contributed by atoms with van der Waals surface area (Å²) < 4.78 is 0. The minimum Gasteiger partial charge on any atom is -0.363 e. The van der Waals surface area contributed by atoms with Crippen LogP contribution < -0.4 is 4.90 Å². The Labute approximate surface area is 158 Å². The summed E-state index contributed by atoms with van der Waals surface area (Å²) in [5.74, 6) is 0.576. The average molecular weight is 372 g/mol. The van der Waals surface area contributed by atoms with Crippen LogP contribution in [-0.2, 0) is 0 Å². The molecule has 0 spiro atoms. The Bertz CT molecular complexity index is 805. The Kier molecular flexibility index (Phi) is 5.57. The number of halogens is 1. The molecule has 0 bridgehead atoms. The lowest BCUT2D eigenvalue weighted by Gasteiger charge is -2.32. The van der Waals surface area contributed by atoms with E-state index in [1.54, 1.807) is 41.4 Å². The number of piperidine rings is 1. The standard InChI is InChI=1S/C20H22ClN3O2/c1-23(2)18-9-8-15(12-22-18)20(26)24-10-4-6-16(13-24)19(25)14-5-3-7-17(21)11-14/h3,5,7-9,11-12,16H,4,6,10,13H2,1-2H3/t16-/m0/s1. The van der Waals surface area contributed by atoms with Crippen molar-refractivity contribution in [2.24, 2.45) is 5.92 Å². The van der Waals surface area contributed by atoms with Crippen molar-refractivity contribution in [1.29, 1.82) is 0 Å². The maximum atomic E-state index is 12.8.